The zero-order valence-corrected chi connectivity index (χ0v) is 12.4. The highest BCUT2D eigenvalue weighted by molar-refractivity contribution is 5.82. The molecule has 1 fully saturated rings. The molecule has 4 nitrogen and oxygen atoms in total. The molecular weight excluding hydrogens is 238 g/mol. The molecule has 110 valence electrons. The van der Waals surface area contributed by atoms with Gasteiger partial charge in [-0.2, -0.15) is 0 Å². The Labute approximate surface area is 117 Å². The molecule has 0 unspecified atom stereocenters. The first-order chi connectivity index (χ1) is 9.15. The Kier molecular flexibility index (Phi) is 6.89. The summed E-state index contributed by atoms with van der Waals surface area (Å²) in [6, 6.07) is 0. The second kappa shape index (κ2) is 8.18. The number of hydrogen-bond acceptors (Lipinski definition) is 2. The van der Waals surface area contributed by atoms with E-state index in [4.69, 9.17) is 5.41 Å². The molecule has 0 saturated heterocycles. The van der Waals surface area contributed by atoms with Crippen LogP contribution in [0.25, 0.3) is 0 Å². The van der Waals surface area contributed by atoms with Gasteiger partial charge in [0.2, 0.25) is 0 Å². The second-order valence-electron chi connectivity index (χ2n) is 5.81. The van der Waals surface area contributed by atoms with Gasteiger partial charge in [0.05, 0.1) is 5.54 Å². The Balaban J connectivity index is 2.47. The number of rotatable bonds is 10. The fraction of sp³-hybridized carbons (Fsp3) is 0.867. The second-order valence-corrected chi connectivity index (χ2v) is 5.81. The molecule has 1 rings (SSSR count). The number of hydrogen-bond donors (Lipinski definition) is 3. The van der Waals surface area contributed by atoms with Gasteiger partial charge >= 0.3 is 0 Å². The van der Waals surface area contributed by atoms with Gasteiger partial charge in [0.15, 0.2) is 5.96 Å². The molecule has 0 aromatic rings. The molecule has 0 spiro atoms. The average Bonchev–Trinajstić information content (AvgIpc) is 3.24. The van der Waals surface area contributed by atoms with Crippen molar-refractivity contribution in [3.8, 4) is 0 Å². The molecule has 0 amide bonds. The van der Waals surface area contributed by atoms with Crippen molar-refractivity contribution in [3.63, 3.8) is 0 Å². The van der Waals surface area contributed by atoms with E-state index >= 15 is 0 Å². The summed E-state index contributed by atoms with van der Waals surface area (Å²) in [6.07, 6.45) is 9.39. The molecule has 1 aliphatic rings. The lowest BCUT2D eigenvalue weighted by atomic mass is 9.88. The summed E-state index contributed by atoms with van der Waals surface area (Å²) in [4.78, 5) is 11.5. The topological polar surface area (TPSA) is 65.0 Å². The third kappa shape index (κ3) is 6.08. The molecule has 4 heteroatoms. The summed E-state index contributed by atoms with van der Waals surface area (Å²) in [5, 5.41) is 14.2. The number of carbonyl (C=O) groups is 1. The summed E-state index contributed by atoms with van der Waals surface area (Å²) >= 11 is 0. The Morgan fingerprint density at radius 1 is 1.26 bits per heavy atom. The minimum absolute atomic E-state index is 0.311. The van der Waals surface area contributed by atoms with Crippen molar-refractivity contribution < 1.29 is 4.79 Å². The molecule has 0 radical (unpaired) electrons. The Bertz CT molecular complexity index is 279. The molecule has 0 aromatic carbocycles. The summed E-state index contributed by atoms with van der Waals surface area (Å²) < 4.78 is 0. The highest BCUT2D eigenvalue weighted by Gasteiger charge is 2.29. The van der Waals surface area contributed by atoms with Crippen molar-refractivity contribution in [3.05, 3.63) is 0 Å². The minimum atomic E-state index is -0.542. The van der Waals surface area contributed by atoms with Gasteiger partial charge in [0.25, 0.3) is 0 Å². The standard InChI is InChI=1S/C15H29N3O/c1-3-5-9-15(12-19,10-6-4-2)18-14(16)17-11-13-7-8-13/h12-13H,3-11H2,1-2H3,(H3,16,17,18). The predicted molar refractivity (Wildman–Crippen MR) is 79.4 cm³/mol. The van der Waals surface area contributed by atoms with E-state index in [9.17, 15) is 4.79 Å². The van der Waals surface area contributed by atoms with E-state index in [1.807, 2.05) is 0 Å². The molecule has 19 heavy (non-hydrogen) atoms. The quantitative estimate of drug-likeness (QED) is 0.324. The molecule has 0 aromatic heterocycles. The molecule has 0 heterocycles. The molecule has 3 N–H and O–H groups in total. The van der Waals surface area contributed by atoms with Gasteiger partial charge in [-0.1, -0.05) is 39.5 Å². The molecule has 1 aliphatic carbocycles. The van der Waals surface area contributed by atoms with Crippen molar-refractivity contribution in [2.45, 2.75) is 70.8 Å². The van der Waals surface area contributed by atoms with E-state index in [-0.39, 0.29) is 0 Å². The Morgan fingerprint density at radius 2 is 1.84 bits per heavy atom. The van der Waals surface area contributed by atoms with Crippen LogP contribution in [0.5, 0.6) is 0 Å². The van der Waals surface area contributed by atoms with Crippen molar-refractivity contribution in [2.24, 2.45) is 5.92 Å². The van der Waals surface area contributed by atoms with Crippen LogP contribution < -0.4 is 10.6 Å². The van der Waals surface area contributed by atoms with Gasteiger partial charge in [0.1, 0.15) is 6.29 Å². The predicted octanol–water partition coefficient (Wildman–Crippen LogP) is 2.83. The monoisotopic (exact) mass is 267 g/mol. The number of guanidine groups is 1. The fourth-order valence-electron chi connectivity index (χ4n) is 2.24. The van der Waals surface area contributed by atoms with Crippen LogP contribution in [0.2, 0.25) is 0 Å². The molecule has 0 bridgehead atoms. The highest BCUT2D eigenvalue weighted by Crippen LogP contribution is 2.27. The maximum Gasteiger partial charge on any atom is 0.189 e. The van der Waals surface area contributed by atoms with E-state index in [1.165, 1.54) is 12.8 Å². The summed E-state index contributed by atoms with van der Waals surface area (Å²) in [7, 11) is 0. The van der Waals surface area contributed by atoms with E-state index in [0.29, 0.717) is 5.96 Å². The highest BCUT2D eigenvalue weighted by atomic mass is 16.1. The fourth-order valence-corrected chi connectivity index (χ4v) is 2.24. The zero-order valence-electron chi connectivity index (χ0n) is 12.4. The van der Waals surface area contributed by atoms with Gasteiger partial charge in [-0.3, -0.25) is 5.41 Å². The van der Waals surface area contributed by atoms with Crippen molar-refractivity contribution in [2.75, 3.05) is 6.54 Å². The van der Waals surface area contributed by atoms with Crippen LogP contribution >= 0.6 is 0 Å². The lowest BCUT2D eigenvalue weighted by Crippen LogP contribution is -2.54. The maximum atomic E-state index is 11.5. The van der Waals surface area contributed by atoms with E-state index in [1.54, 1.807) is 0 Å². The summed E-state index contributed by atoms with van der Waals surface area (Å²) in [6.45, 7) is 5.13. The van der Waals surface area contributed by atoms with Gasteiger partial charge in [-0.15, -0.1) is 0 Å². The van der Waals surface area contributed by atoms with E-state index < -0.39 is 5.54 Å². The number of nitrogens with one attached hydrogen (secondary N) is 3. The first-order valence-corrected chi connectivity index (χ1v) is 7.72. The minimum Gasteiger partial charge on any atom is -0.356 e. The number of aldehydes is 1. The van der Waals surface area contributed by atoms with Crippen LogP contribution in [0.3, 0.4) is 0 Å². The Hall–Kier alpha value is -1.06. The van der Waals surface area contributed by atoms with Crippen LogP contribution in [0, 0.1) is 11.3 Å². The third-order valence-corrected chi connectivity index (χ3v) is 3.82. The van der Waals surface area contributed by atoms with E-state index in [2.05, 4.69) is 24.5 Å². The van der Waals surface area contributed by atoms with Crippen LogP contribution in [-0.4, -0.2) is 24.3 Å². The normalized spacial score (nSPS) is 15.1. The zero-order chi connectivity index (χ0) is 14.1. The van der Waals surface area contributed by atoms with Crippen LogP contribution in [0.1, 0.15) is 65.2 Å². The lowest BCUT2D eigenvalue weighted by Gasteiger charge is -2.30. The van der Waals surface area contributed by atoms with Gasteiger partial charge in [-0.25, -0.2) is 0 Å². The van der Waals surface area contributed by atoms with Gasteiger partial charge in [-0.05, 0) is 31.6 Å². The molecular formula is C15H29N3O. The maximum absolute atomic E-state index is 11.5. The SMILES string of the molecule is CCCCC(C=O)(CCCC)NC(=N)NCC1CC1. The van der Waals surface area contributed by atoms with Crippen LogP contribution in [0.15, 0.2) is 0 Å². The number of unbranched alkanes of at least 4 members (excludes halogenated alkanes) is 2. The van der Waals surface area contributed by atoms with Gasteiger partial charge in [0, 0.05) is 6.54 Å². The van der Waals surface area contributed by atoms with E-state index in [0.717, 1.165) is 57.3 Å². The number of carbonyl (C=O) groups excluding carboxylic acids is 1. The third-order valence-electron chi connectivity index (χ3n) is 3.82. The molecule has 0 aliphatic heterocycles. The van der Waals surface area contributed by atoms with Crippen molar-refractivity contribution in [1.82, 2.24) is 10.6 Å². The van der Waals surface area contributed by atoms with Gasteiger partial charge < -0.3 is 15.4 Å². The lowest BCUT2D eigenvalue weighted by molar-refractivity contribution is -0.113. The summed E-state index contributed by atoms with van der Waals surface area (Å²) in [5.74, 6) is 1.05. The average molecular weight is 267 g/mol. The summed E-state index contributed by atoms with van der Waals surface area (Å²) in [5.41, 5.74) is -0.542. The first kappa shape index (κ1) is 16.0. The van der Waals surface area contributed by atoms with Crippen molar-refractivity contribution in [1.29, 1.82) is 5.41 Å². The largest absolute Gasteiger partial charge is 0.356 e. The molecule has 0 atom stereocenters. The first-order valence-electron chi connectivity index (χ1n) is 7.72. The van der Waals surface area contributed by atoms with Crippen LogP contribution in [-0.2, 0) is 4.79 Å². The molecule has 1 saturated carbocycles. The smallest absolute Gasteiger partial charge is 0.189 e. The van der Waals surface area contributed by atoms with Crippen LogP contribution in [0.4, 0.5) is 0 Å². The van der Waals surface area contributed by atoms with Crippen molar-refractivity contribution >= 4 is 12.2 Å². The Morgan fingerprint density at radius 3 is 2.26 bits per heavy atom.